The molecule has 2 atom stereocenters. The molecular formula is C15H18F3NO2. The first-order chi connectivity index (χ1) is 9.91. The number of piperidine rings is 1. The van der Waals surface area contributed by atoms with E-state index in [-0.39, 0.29) is 24.5 Å². The van der Waals surface area contributed by atoms with Crippen LogP contribution in [0.5, 0.6) is 0 Å². The monoisotopic (exact) mass is 301 g/mol. The van der Waals surface area contributed by atoms with Gasteiger partial charge in [-0.15, -0.1) is 0 Å². The summed E-state index contributed by atoms with van der Waals surface area (Å²) < 4.78 is 43.1. The Labute approximate surface area is 121 Å². The lowest BCUT2D eigenvalue weighted by Gasteiger charge is -2.32. The molecule has 0 amide bonds. The topological polar surface area (TPSA) is 38.3 Å². The van der Waals surface area contributed by atoms with Crippen LogP contribution in [0.25, 0.3) is 0 Å². The highest BCUT2D eigenvalue weighted by atomic mass is 19.4. The van der Waals surface area contributed by atoms with Crippen LogP contribution in [0.4, 0.5) is 13.2 Å². The maximum absolute atomic E-state index is 12.6. The van der Waals surface area contributed by atoms with Gasteiger partial charge in [0.05, 0.1) is 11.6 Å². The zero-order valence-electron chi connectivity index (χ0n) is 11.7. The Kier molecular flexibility index (Phi) is 4.88. The standard InChI is InChI=1S/C15H18F3NO2/c1-2-13(20)21-12-4-3-9-19-14(12)10-5-7-11(8-6-10)15(16,17)18/h5-8,12,14,19H,2-4,9H2,1H3/t12-,14+/m0/s1. The van der Waals surface area contributed by atoms with E-state index in [1.807, 2.05) is 0 Å². The van der Waals surface area contributed by atoms with Crippen molar-refractivity contribution < 1.29 is 22.7 Å². The molecule has 0 spiro atoms. The quantitative estimate of drug-likeness (QED) is 0.869. The number of carbonyl (C=O) groups excluding carboxylic acids is 1. The van der Waals surface area contributed by atoms with Gasteiger partial charge in [-0.2, -0.15) is 13.2 Å². The van der Waals surface area contributed by atoms with E-state index in [1.54, 1.807) is 6.92 Å². The lowest BCUT2D eigenvalue weighted by atomic mass is 9.93. The Bertz CT molecular complexity index is 485. The number of esters is 1. The molecule has 1 heterocycles. The Morgan fingerprint density at radius 3 is 2.57 bits per heavy atom. The molecule has 0 saturated carbocycles. The van der Waals surface area contributed by atoms with Crippen molar-refractivity contribution in [3.8, 4) is 0 Å². The van der Waals surface area contributed by atoms with E-state index in [9.17, 15) is 18.0 Å². The third kappa shape index (κ3) is 3.97. The van der Waals surface area contributed by atoms with E-state index in [0.29, 0.717) is 12.0 Å². The fourth-order valence-corrected chi connectivity index (χ4v) is 2.45. The first-order valence-electron chi connectivity index (χ1n) is 7.02. The molecule has 21 heavy (non-hydrogen) atoms. The Balaban J connectivity index is 2.15. The Morgan fingerprint density at radius 1 is 1.33 bits per heavy atom. The molecule has 116 valence electrons. The normalized spacial score (nSPS) is 22.9. The van der Waals surface area contributed by atoms with E-state index in [4.69, 9.17) is 4.74 Å². The van der Waals surface area contributed by atoms with Gasteiger partial charge in [-0.05, 0) is 37.1 Å². The summed E-state index contributed by atoms with van der Waals surface area (Å²) in [6.07, 6.45) is -2.80. The second kappa shape index (κ2) is 6.47. The van der Waals surface area contributed by atoms with Crippen molar-refractivity contribution in [3.05, 3.63) is 35.4 Å². The van der Waals surface area contributed by atoms with Crippen LogP contribution < -0.4 is 5.32 Å². The van der Waals surface area contributed by atoms with Crippen LogP contribution in [0, 0.1) is 0 Å². The molecule has 1 aromatic rings. The molecule has 0 radical (unpaired) electrons. The Morgan fingerprint density at radius 2 is 2.00 bits per heavy atom. The van der Waals surface area contributed by atoms with Gasteiger partial charge in [0.15, 0.2) is 0 Å². The maximum atomic E-state index is 12.6. The SMILES string of the molecule is CCC(=O)O[C@H]1CCCN[C@@H]1c1ccc(C(F)(F)F)cc1. The number of benzene rings is 1. The first kappa shape index (κ1) is 15.8. The van der Waals surface area contributed by atoms with Gasteiger partial charge in [0.1, 0.15) is 6.10 Å². The van der Waals surface area contributed by atoms with Crippen molar-refractivity contribution in [2.45, 2.75) is 44.5 Å². The van der Waals surface area contributed by atoms with Gasteiger partial charge in [-0.25, -0.2) is 0 Å². The van der Waals surface area contributed by atoms with E-state index in [0.717, 1.165) is 25.1 Å². The summed E-state index contributed by atoms with van der Waals surface area (Å²) in [5.74, 6) is -0.291. The maximum Gasteiger partial charge on any atom is 0.416 e. The fraction of sp³-hybridized carbons (Fsp3) is 0.533. The first-order valence-corrected chi connectivity index (χ1v) is 7.02. The van der Waals surface area contributed by atoms with Crippen molar-refractivity contribution in [1.29, 1.82) is 0 Å². The summed E-state index contributed by atoms with van der Waals surface area (Å²) >= 11 is 0. The van der Waals surface area contributed by atoms with Crippen LogP contribution in [-0.2, 0) is 15.7 Å². The zero-order valence-corrected chi connectivity index (χ0v) is 11.7. The summed E-state index contributed by atoms with van der Waals surface area (Å²) in [5.41, 5.74) is 0.0285. The number of ether oxygens (including phenoxy) is 1. The molecule has 3 nitrogen and oxygen atoms in total. The van der Waals surface area contributed by atoms with E-state index in [2.05, 4.69) is 5.32 Å². The molecule has 2 rings (SSSR count). The molecule has 6 heteroatoms. The number of hydrogen-bond donors (Lipinski definition) is 1. The Hall–Kier alpha value is -1.56. The van der Waals surface area contributed by atoms with Crippen LogP contribution >= 0.6 is 0 Å². The summed E-state index contributed by atoms with van der Waals surface area (Å²) in [6.45, 7) is 2.47. The average Bonchev–Trinajstić information content (AvgIpc) is 2.47. The fourth-order valence-electron chi connectivity index (χ4n) is 2.45. The number of alkyl halides is 3. The minimum absolute atomic E-state index is 0.253. The molecule has 0 unspecified atom stereocenters. The summed E-state index contributed by atoms with van der Waals surface area (Å²) in [6, 6.07) is 4.75. The molecule has 1 N–H and O–H groups in total. The van der Waals surface area contributed by atoms with Crippen molar-refractivity contribution in [2.75, 3.05) is 6.54 Å². The summed E-state index contributed by atoms with van der Waals surface area (Å²) in [7, 11) is 0. The highest BCUT2D eigenvalue weighted by Gasteiger charge is 2.32. The average molecular weight is 301 g/mol. The third-order valence-corrected chi connectivity index (χ3v) is 3.57. The number of halogens is 3. The smallest absolute Gasteiger partial charge is 0.416 e. The third-order valence-electron chi connectivity index (χ3n) is 3.57. The molecule has 1 aliphatic rings. The van der Waals surface area contributed by atoms with E-state index in [1.165, 1.54) is 12.1 Å². The number of carbonyl (C=O) groups is 1. The molecule has 0 aliphatic carbocycles. The highest BCUT2D eigenvalue weighted by Crippen LogP contribution is 2.32. The number of hydrogen-bond acceptors (Lipinski definition) is 3. The minimum Gasteiger partial charge on any atom is -0.460 e. The lowest BCUT2D eigenvalue weighted by molar-refractivity contribution is -0.151. The second-order valence-electron chi connectivity index (χ2n) is 5.08. The van der Waals surface area contributed by atoms with Gasteiger partial charge in [-0.3, -0.25) is 4.79 Å². The van der Waals surface area contributed by atoms with Crippen LogP contribution in [0.3, 0.4) is 0 Å². The molecule has 1 saturated heterocycles. The second-order valence-corrected chi connectivity index (χ2v) is 5.08. The van der Waals surface area contributed by atoms with Gasteiger partial charge in [-0.1, -0.05) is 19.1 Å². The van der Waals surface area contributed by atoms with Crippen LogP contribution in [0.1, 0.15) is 43.4 Å². The van der Waals surface area contributed by atoms with Crippen LogP contribution in [0.15, 0.2) is 24.3 Å². The molecule has 0 bridgehead atoms. The van der Waals surface area contributed by atoms with Crippen molar-refractivity contribution >= 4 is 5.97 Å². The van der Waals surface area contributed by atoms with Crippen molar-refractivity contribution in [2.24, 2.45) is 0 Å². The van der Waals surface area contributed by atoms with Gasteiger partial charge in [0, 0.05) is 6.42 Å². The van der Waals surface area contributed by atoms with Gasteiger partial charge in [0.25, 0.3) is 0 Å². The molecule has 0 aromatic heterocycles. The molecular weight excluding hydrogens is 283 g/mol. The molecule has 1 aliphatic heterocycles. The zero-order chi connectivity index (χ0) is 15.5. The van der Waals surface area contributed by atoms with Gasteiger partial charge < -0.3 is 10.1 Å². The molecule has 1 aromatic carbocycles. The van der Waals surface area contributed by atoms with Gasteiger partial charge in [0.2, 0.25) is 0 Å². The minimum atomic E-state index is -4.34. The van der Waals surface area contributed by atoms with Crippen LogP contribution in [-0.4, -0.2) is 18.6 Å². The largest absolute Gasteiger partial charge is 0.460 e. The predicted octanol–water partition coefficient (Wildman–Crippen LogP) is 3.45. The number of rotatable bonds is 3. The van der Waals surface area contributed by atoms with E-state index < -0.39 is 11.7 Å². The summed E-state index contributed by atoms with van der Waals surface area (Å²) in [5, 5.41) is 3.21. The van der Waals surface area contributed by atoms with Crippen molar-refractivity contribution in [1.82, 2.24) is 5.32 Å². The highest BCUT2D eigenvalue weighted by molar-refractivity contribution is 5.69. The lowest BCUT2D eigenvalue weighted by Crippen LogP contribution is -2.40. The van der Waals surface area contributed by atoms with Gasteiger partial charge >= 0.3 is 12.1 Å². The number of nitrogens with one attached hydrogen (secondary N) is 1. The molecule has 1 fully saturated rings. The van der Waals surface area contributed by atoms with Crippen LogP contribution in [0.2, 0.25) is 0 Å². The van der Waals surface area contributed by atoms with Crippen molar-refractivity contribution in [3.63, 3.8) is 0 Å². The predicted molar refractivity (Wildman–Crippen MR) is 71.6 cm³/mol. The summed E-state index contributed by atoms with van der Waals surface area (Å²) in [4.78, 5) is 11.4. The van der Waals surface area contributed by atoms with E-state index >= 15 is 0 Å².